The summed E-state index contributed by atoms with van der Waals surface area (Å²) in [6.07, 6.45) is 2.79. The van der Waals surface area contributed by atoms with Crippen LogP contribution in [-0.4, -0.2) is 12.1 Å². The van der Waals surface area contributed by atoms with E-state index in [9.17, 15) is 4.79 Å². The quantitative estimate of drug-likeness (QED) is 0.552. The van der Waals surface area contributed by atoms with Crippen molar-refractivity contribution in [2.45, 2.75) is 0 Å². The Kier molecular flexibility index (Phi) is 4.50. The van der Waals surface area contributed by atoms with E-state index in [0.29, 0.717) is 27.1 Å². The molecule has 1 amide bonds. The first kappa shape index (κ1) is 15.4. The number of hydrogen-bond donors (Lipinski definition) is 1. The van der Waals surface area contributed by atoms with E-state index in [1.807, 2.05) is 0 Å². The second-order valence-electron chi connectivity index (χ2n) is 4.50. The maximum absolute atomic E-state index is 11.6. The largest absolute Gasteiger partial charge is 0.459 e. The van der Waals surface area contributed by atoms with Crippen LogP contribution in [0.5, 0.6) is 0 Å². The van der Waals surface area contributed by atoms with Crippen LogP contribution in [0, 0.1) is 0 Å². The Hall–Kier alpha value is -2.50. The fourth-order valence-corrected chi connectivity index (χ4v) is 2.25. The fourth-order valence-electron chi connectivity index (χ4n) is 1.87. The Balaban J connectivity index is 1.71. The Morgan fingerprint density at radius 1 is 1.17 bits per heavy atom. The molecule has 5 nitrogen and oxygen atoms in total. The number of furan rings is 2. The molecule has 7 heteroatoms. The van der Waals surface area contributed by atoms with Gasteiger partial charge in [0.15, 0.2) is 5.76 Å². The highest BCUT2D eigenvalue weighted by molar-refractivity contribution is 6.35. The van der Waals surface area contributed by atoms with Crippen LogP contribution in [-0.2, 0) is 0 Å². The minimum absolute atomic E-state index is 0.174. The molecule has 0 atom stereocenters. The third kappa shape index (κ3) is 3.64. The van der Waals surface area contributed by atoms with Gasteiger partial charge in [0.1, 0.15) is 11.5 Å². The van der Waals surface area contributed by atoms with Gasteiger partial charge in [-0.1, -0.05) is 23.2 Å². The summed E-state index contributed by atoms with van der Waals surface area (Å²) in [4.78, 5) is 11.6. The number of nitrogens with zero attached hydrogens (tertiary/aromatic N) is 1. The lowest BCUT2D eigenvalue weighted by atomic mass is 10.2. The lowest BCUT2D eigenvalue weighted by Gasteiger charge is -2.00. The van der Waals surface area contributed by atoms with Gasteiger partial charge in [0, 0.05) is 10.6 Å². The van der Waals surface area contributed by atoms with Crippen molar-refractivity contribution >= 4 is 35.3 Å². The zero-order chi connectivity index (χ0) is 16.2. The molecule has 0 unspecified atom stereocenters. The normalized spacial score (nSPS) is 11.0. The third-order valence-electron chi connectivity index (χ3n) is 2.92. The van der Waals surface area contributed by atoms with Crippen molar-refractivity contribution in [2.75, 3.05) is 0 Å². The lowest BCUT2D eigenvalue weighted by Crippen LogP contribution is -2.16. The molecular weight excluding hydrogens is 339 g/mol. The smallest absolute Gasteiger partial charge is 0.307 e. The van der Waals surface area contributed by atoms with Gasteiger partial charge in [-0.15, -0.1) is 0 Å². The topological polar surface area (TPSA) is 67.7 Å². The van der Waals surface area contributed by atoms with Crippen molar-refractivity contribution in [3.05, 3.63) is 70.3 Å². The van der Waals surface area contributed by atoms with E-state index in [1.165, 1.54) is 18.5 Å². The molecule has 2 heterocycles. The Morgan fingerprint density at radius 3 is 2.83 bits per heavy atom. The average molecular weight is 349 g/mol. The summed E-state index contributed by atoms with van der Waals surface area (Å²) in [6, 6.07) is 11.7. The minimum atomic E-state index is -0.448. The lowest BCUT2D eigenvalue weighted by molar-refractivity contribution is 0.0927. The van der Waals surface area contributed by atoms with E-state index in [4.69, 9.17) is 32.0 Å². The van der Waals surface area contributed by atoms with E-state index < -0.39 is 5.91 Å². The Labute approximate surface area is 141 Å². The molecule has 1 aromatic carbocycles. The standard InChI is InChI=1S/C16H10Cl2N2O3/c17-10-3-5-13(18)12(8-10)14-6-4-11(23-14)9-19-20-16(21)15-2-1-7-22-15/h1-9H,(H,20,21). The molecule has 0 spiro atoms. The third-order valence-corrected chi connectivity index (χ3v) is 3.49. The van der Waals surface area contributed by atoms with Gasteiger partial charge in [-0.2, -0.15) is 5.10 Å². The highest BCUT2D eigenvalue weighted by Crippen LogP contribution is 2.31. The van der Waals surface area contributed by atoms with Crippen molar-refractivity contribution < 1.29 is 13.6 Å². The second kappa shape index (κ2) is 6.73. The minimum Gasteiger partial charge on any atom is -0.459 e. The van der Waals surface area contributed by atoms with E-state index in [0.717, 1.165) is 0 Å². The van der Waals surface area contributed by atoms with Gasteiger partial charge in [-0.3, -0.25) is 4.79 Å². The highest BCUT2D eigenvalue weighted by atomic mass is 35.5. The number of carbonyl (C=O) groups excluding carboxylic acids is 1. The van der Waals surface area contributed by atoms with Crippen LogP contribution in [0.25, 0.3) is 11.3 Å². The molecule has 2 aromatic heterocycles. The predicted molar refractivity (Wildman–Crippen MR) is 87.9 cm³/mol. The van der Waals surface area contributed by atoms with Crippen molar-refractivity contribution in [2.24, 2.45) is 5.10 Å². The number of carbonyl (C=O) groups is 1. The van der Waals surface area contributed by atoms with Crippen molar-refractivity contribution in [1.82, 2.24) is 5.43 Å². The maximum Gasteiger partial charge on any atom is 0.307 e. The molecule has 1 N–H and O–H groups in total. The van der Waals surface area contributed by atoms with E-state index in [-0.39, 0.29) is 5.76 Å². The number of hydrogen-bond acceptors (Lipinski definition) is 4. The molecule has 0 bridgehead atoms. The Morgan fingerprint density at radius 2 is 2.04 bits per heavy atom. The summed E-state index contributed by atoms with van der Waals surface area (Å²) in [7, 11) is 0. The number of halogens is 2. The molecule has 0 aliphatic heterocycles. The highest BCUT2D eigenvalue weighted by Gasteiger charge is 2.09. The van der Waals surface area contributed by atoms with E-state index >= 15 is 0 Å². The van der Waals surface area contributed by atoms with Gasteiger partial charge in [0.25, 0.3) is 0 Å². The average Bonchev–Trinajstić information content (AvgIpc) is 3.21. The molecule has 3 aromatic rings. The molecule has 116 valence electrons. The zero-order valence-electron chi connectivity index (χ0n) is 11.6. The SMILES string of the molecule is O=C(NN=Cc1ccc(-c2cc(Cl)ccc2Cl)o1)c1ccco1. The van der Waals surface area contributed by atoms with Crippen LogP contribution in [0.4, 0.5) is 0 Å². The monoisotopic (exact) mass is 348 g/mol. The van der Waals surface area contributed by atoms with E-state index in [1.54, 1.807) is 36.4 Å². The number of benzene rings is 1. The number of hydrazone groups is 1. The molecular formula is C16H10Cl2N2O3. The van der Waals surface area contributed by atoms with Gasteiger partial charge < -0.3 is 8.83 Å². The van der Waals surface area contributed by atoms with Crippen LogP contribution in [0.1, 0.15) is 16.3 Å². The van der Waals surface area contributed by atoms with Gasteiger partial charge >= 0.3 is 5.91 Å². The molecule has 3 rings (SSSR count). The van der Waals surface area contributed by atoms with E-state index in [2.05, 4.69) is 10.5 Å². The predicted octanol–water partition coefficient (Wildman–Crippen LogP) is 4.61. The zero-order valence-corrected chi connectivity index (χ0v) is 13.1. The summed E-state index contributed by atoms with van der Waals surface area (Å²) in [5.74, 6) is 0.732. The number of nitrogens with one attached hydrogen (secondary N) is 1. The Bertz CT molecular complexity index is 854. The number of amides is 1. The van der Waals surface area contributed by atoms with Crippen molar-refractivity contribution in [3.63, 3.8) is 0 Å². The van der Waals surface area contributed by atoms with Gasteiger partial charge in [0.05, 0.1) is 17.5 Å². The first-order chi connectivity index (χ1) is 11.1. The summed E-state index contributed by atoms with van der Waals surface area (Å²) in [6.45, 7) is 0. The molecule has 23 heavy (non-hydrogen) atoms. The van der Waals surface area contributed by atoms with Gasteiger partial charge in [-0.25, -0.2) is 5.43 Å². The summed E-state index contributed by atoms with van der Waals surface area (Å²) in [5, 5.41) is 4.89. The second-order valence-corrected chi connectivity index (χ2v) is 5.35. The molecule has 0 saturated heterocycles. The van der Waals surface area contributed by atoms with Gasteiger partial charge in [0.2, 0.25) is 0 Å². The molecule has 0 saturated carbocycles. The molecule has 0 fully saturated rings. The molecule has 0 aliphatic carbocycles. The van der Waals surface area contributed by atoms with Crippen LogP contribution in [0.2, 0.25) is 10.0 Å². The first-order valence-electron chi connectivity index (χ1n) is 6.55. The molecule has 0 radical (unpaired) electrons. The van der Waals surface area contributed by atoms with Crippen LogP contribution < -0.4 is 5.43 Å². The van der Waals surface area contributed by atoms with Gasteiger partial charge in [-0.05, 0) is 42.5 Å². The summed E-state index contributed by atoms with van der Waals surface area (Å²) < 4.78 is 10.6. The van der Waals surface area contributed by atoms with Crippen LogP contribution in [0.15, 0.2) is 62.7 Å². The molecule has 0 aliphatic rings. The summed E-state index contributed by atoms with van der Waals surface area (Å²) in [5.41, 5.74) is 3.01. The van der Waals surface area contributed by atoms with Crippen molar-refractivity contribution in [1.29, 1.82) is 0 Å². The fraction of sp³-hybridized carbons (Fsp3) is 0. The first-order valence-corrected chi connectivity index (χ1v) is 7.31. The number of rotatable bonds is 4. The van der Waals surface area contributed by atoms with Crippen LogP contribution in [0.3, 0.4) is 0 Å². The van der Waals surface area contributed by atoms with Crippen LogP contribution >= 0.6 is 23.2 Å². The van der Waals surface area contributed by atoms with Crippen molar-refractivity contribution in [3.8, 4) is 11.3 Å². The maximum atomic E-state index is 11.6. The summed E-state index contributed by atoms with van der Waals surface area (Å²) >= 11 is 12.1.